The van der Waals surface area contributed by atoms with Crippen LogP contribution in [0.5, 0.6) is 0 Å². The van der Waals surface area contributed by atoms with Crippen molar-refractivity contribution < 1.29 is 0 Å². The standard InChI is InChI=1S/C16H23N5/c1-2-13(11-17)20-7-9-21(10-8-20)16-14-5-3-4-6-15(14)18-12-19-16/h12-13H,2-10H2,1H3. The van der Waals surface area contributed by atoms with Crippen LogP contribution in [0.25, 0.3) is 0 Å². The second-order valence-electron chi connectivity index (χ2n) is 5.91. The minimum Gasteiger partial charge on any atom is -0.354 e. The van der Waals surface area contributed by atoms with Gasteiger partial charge in [0.1, 0.15) is 12.1 Å². The summed E-state index contributed by atoms with van der Waals surface area (Å²) < 4.78 is 0. The Bertz CT molecular complexity index is 528. The highest BCUT2D eigenvalue weighted by atomic mass is 15.3. The first-order valence-electron chi connectivity index (χ1n) is 8.05. The molecular weight excluding hydrogens is 262 g/mol. The van der Waals surface area contributed by atoms with E-state index in [-0.39, 0.29) is 6.04 Å². The maximum Gasteiger partial charge on any atom is 0.135 e. The van der Waals surface area contributed by atoms with Crippen molar-refractivity contribution in [3.63, 3.8) is 0 Å². The highest BCUT2D eigenvalue weighted by Crippen LogP contribution is 2.27. The Hall–Kier alpha value is -1.67. The molecule has 1 atom stereocenters. The van der Waals surface area contributed by atoms with E-state index in [1.165, 1.54) is 24.1 Å². The molecule has 0 radical (unpaired) electrons. The lowest BCUT2D eigenvalue weighted by atomic mass is 9.96. The van der Waals surface area contributed by atoms with Gasteiger partial charge in [0.05, 0.1) is 12.1 Å². The Kier molecular flexibility index (Phi) is 4.35. The molecule has 1 aliphatic heterocycles. The molecule has 5 nitrogen and oxygen atoms in total. The van der Waals surface area contributed by atoms with Crippen LogP contribution in [-0.4, -0.2) is 47.1 Å². The fourth-order valence-corrected chi connectivity index (χ4v) is 3.45. The number of nitriles is 1. The molecule has 0 bridgehead atoms. The molecule has 1 aromatic heterocycles. The molecule has 0 N–H and O–H groups in total. The summed E-state index contributed by atoms with van der Waals surface area (Å²) >= 11 is 0. The summed E-state index contributed by atoms with van der Waals surface area (Å²) in [7, 11) is 0. The normalized spacial score (nSPS) is 20.7. The van der Waals surface area contributed by atoms with E-state index in [4.69, 9.17) is 0 Å². The van der Waals surface area contributed by atoms with Crippen molar-refractivity contribution in [3.8, 4) is 6.07 Å². The van der Waals surface area contributed by atoms with Crippen molar-refractivity contribution in [1.82, 2.24) is 14.9 Å². The van der Waals surface area contributed by atoms with E-state index in [2.05, 4.69) is 32.8 Å². The van der Waals surface area contributed by atoms with Crippen molar-refractivity contribution >= 4 is 5.82 Å². The number of fused-ring (bicyclic) bond motifs is 1. The highest BCUT2D eigenvalue weighted by molar-refractivity contribution is 5.50. The summed E-state index contributed by atoms with van der Waals surface area (Å²) in [5, 5.41) is 9.19. The topological polar surface area (TPSA) is 56.1 Å². The molecule has 0 saturated carbocycles. The summed E-state index contributed by atoms with van der Waals surface area (Å²) in [4.78, 5) is 13.7. The number of hydrogen-bond acceptors (Lipinski definition) is 5. The Morgan fingerprint density at radius 2 is 1.95 bits per heavy atom. The fourth-order valence-electron chi connectivity index (χ4n) is 3.45. The maximum absolute atomic E-state index is 9.19. The van der Waals surface area contributed by atoms with E-state index < -0.39 is 0 Å². The third kappa shape index (κ3) is 2.86. The molecule has 112 valence electrons. The van der Waals surface area contributed by atoms with Gasteiger partial charge in [-0.15, -0.1) is 0 Å². The van der Waals surface area contributed by atoms with Crippen LogP contribution in [0.1, 0.15) is 37.4 Å². The van der Waals surface area contributed by atoms with Crippen LogP contribution in [-0.2, 0) is 12.8 Å². The van der Waals surface area contributed by atoms with E-state index in [1.807, 2.05) is 0 Å². The van der Waals surface area contributed by atoms with Gasteiger partial charge in [0.15, 0.2) is 0 Å². The molecule has 1 fully saturated rings. The average Bonchev–Trinajstić information content (AvgIpc) is 2.56. The molecule has 5 heteroatoms. The summed E-state index contributed by atoms with van der Waals surface area (Å²) in [5.74, 6) is 1.14. The molecular formula is C16H23N5. The monoisotopic (exact) mass is 285 g/mol. The van der Waals surface area contributed by atoms with Gasteiger partial charge in [-0.1, -0.05) is 6.92 Å². The van der Waals surface area contributed by atoms with E-state index in [0.717, 1.165) is 51.3 Å². The summed E-state index contributed by atoms with van der Waals surface area (Å²) in [6, 6.07) is 2.47. The van der Waals surface area contributed by atoms with Crippen LogP contribution in [0, 0.1) is 11.3 Å². The van der Waals surface area contributed by atoms with Gasteiger partial charge in [-0.3, -0.25) is 4.90 Å². The van der Waals surface area contributed by atoms with Crippen LogP contribution >= 0.6 is 0 Å². The van der Waals surface area contributed by atoms with Gasteiger partial charge < -0.3 is 4.90 Å². The van der Waals surface area contributed by atoms with Crippen LogP contribution in [0.3, 0.4) is 0 Å². The molecule has 1 unspecified atom stereocenters. The molecule has 0 spiro atoms. The van der Waals surface area contributed by atoms with Gasteiger partial charge in [0, 0.05) is 37.4 Å². The van der Waals surface area contributed by atoms with E-state index in [0.29, 0.717) is 0 Å². The summed E-state index contributed by atoms with van der Waals surface area (Å²) in [5.41, 5.74) is 2.61. The number of rotatable bonds is 3. The fraction of sp³-hybridized carbons (Fsp3) is 0.688. The molecule has 3 rings (SSSR count). The quantitative estimate of drug-likeness (QED) is 0.847. The van der Waals surface area contributed by atoms with Gasteiger partial charge in [0.25, 0.3) is 0 Å². The van der Waals surface area contributed by atoms with E-state index in [1.54, 1.807) is 6.33 Å². The van der Waals surface area contributed by atoms with Crippen molar-refractivity contribution in [2.45, 2.75) is 45.1 Å². The van der Waals surface area contributed by atoms with Gasteiger partial charge in [-0.25, -0.2) is 9.97 Å². The van der Waals surface area contributed by atoms with Crippen molar-refractivity contribution in [2.75, 3.05) is 31.1 Å². The number of piperazine rings is 1. The predicted octanol–water partition coefficient (Wildman–Crippen LogP) is 1.78. The van der Waals surface area contributed by atoms with Crippen LogP contribution < -0.4 is 4.90 Å². The predicted molar refractivity (Wildman–Crippen MR) is 82.2 cm³/mol. The zero-order valence-corrected chi connectivity index (χ0v) is 12.8. The molecule has 2 aliphatic rings. The van der Waals surface area contributed by atoms with Crippen molar-refractivity contribution in [1.29, 1.82) is 5.26 Å². The number of aromatic nitrogens is 2. The zero-order chi connectivity index (χ0) is 14.7. The number of hydrogen-bond donors (Lipinski definition) is 0. The summed E-state index contributed by atoms with van der Waals surface area (Å²) in [6.45, 7) is 5.90. The first kappa shape index (κ1) is 14.3. The second-order valence-corrected chi connectivity index (χ2v) is 5.91. The SMILES string of the molecule is CCC(C#N)N1CCN(c2ncnc3c2CCCC3)CC1. The molecule has 0 amide bonds. The second kappa shape index (κ2) is 6.40. The lowest BCUT2D eigenvalue weighted by molar-refractivity contribution is 0.215. The van der Waals surface area contributed by atoms with Gasteiger partial charge >= 0.3 is 0 Å². The Morgan fingerprint density at radius 3 is 2.67 bits per heavy atom. The Morgan fingerprint density at radius 1 is 1.19 bits per heavy atom. The van der Waals surface area contributed by atoms with Crippen molar-refractivity contribution in [2.24, 2.45) is 0 Å². The lowest BCUT2D eigenvalue weighted by Crippen LogP contribution is -2.50. The molecule has 0 aromatic carbocycles. The minimum absolute atomic E-state index is 0.0615. The minimum atomic E-state index is 0.0615. The average molecular weight is 285 g/mol. The molecule has 21 heavy (non-hydrogen) atoms. The highest BCUT2D eigenvalue weighted by Gasteiger charge is 2.26. The van der Waals surface area contributed by atoms with Gasteiger partial charge in [-0.2, -0.15) is 5.26 Å². The molecule has 2 heterocycles. The third-order valence-corrected chi connectivity index (χ3v) is 4.69. The molecule has 1 aliphatic carbocycles. The Labute approximate surface area is 126 Å². The maximum atomic E-state index is 9.19. The van der Waals surface area contributed by atoms with Gasteiger partial charge in [0.2, 0.25) is 0 Å². The number of aryl methyl sites for hydroxylation is 1. The van der Waals surface area contributed by atoms with E-state index in [9.17, 15) is 5.26 Å². The Balaban J connectivity index is 1.72. The van der Waals surface area contributed by atoms with Crippen LogP contribution in [0.2, 0.25) is 0 Å². The summed E-state index contributed by atoms with van der Waals surface area (Å²) in [6.07, 6.45) is 7.32. The lowest BCUT2D eigenvalue weighted by Gasteiger charge is -2.38. The van der Waals surface area contributed by atoms with Crippen molar-refractivity contribution in [3.05, 3.63) is 17.6 Å². The van der Waals surface area contributed by atoms with Crippen LogP contribution in [0.4, 0.5) is 5.82 Å². The number of nitrogens with zero attached hydrogens (tertiary/aromatic N) is 5. The largest absolute Gasteiger partial charge is 0.354 e. The van der Waals surface area contributed by atoms with Crippen LogP contribution in [0.15, 0.2) is 6.33 Å². The van der Waals surface area contributed by atoms with Gasteiger partial charge in [-0.05, 0) is 32.1 Å². The first-order valence-corrected chi connectivity index (χ1v) is 8.05. The zero-order valence-electron chi connectivity index (χ0n) is 12.8. The third-order valence-electron chi connectivity index (χ3n) is 4.69. The first-order chi connectivity index (χ1) is 10.3. The number of anilines is 1. The molecule has 1 saturated heterocycles. The molecule has 1 aromatic rings. The van der Waals surface area contributed by atoms with E-state index >= 15 is 0 Å². The smallest absolute Gasteiger partial charge is 0.135 e.